The maximum absolute atomic E-state index is 13.2. The summed E-state index contributed by atoms with van der Waals surface area (Å²) in [5.41, 5.74) is 3.14. The Morgan fingerprint density at radius 2 is 2.11 bits per heavy atom. The first-order chi connectivity index (χ1) is 13.2. The molecular weight excluding hydrogens is 342 g/mol. The Morgan fingerprint density at radius 3 is 2.89 bits per heavy atom. The van der Waals surface area contributed by atoms with Crippen LogP contribution in [0.25, 0.3) is 0 Å². The van der Waals surface area contributed by atoms with Gasteiger partial charge in [0.2, 0.25) is 5.88 Å². The number of nitrogens with zero attached hydrogens (tertiary/aromatic N) is 3. The van der Waals surface area contributed by atoms with Crippen molar-refractivity contribution in [1.29, 1.82) is 0 Å². The average Bonchev–Trinajstić information content (AvgIpc) is 3.20. The zero-order valence-electron chi connectivity index (χ0n) is 15.5. The van der Waals surface area contributed by atoms with E-state index in [0.29, 0.717) is 30.2 Å². The highest BCUT2D eigenvalue weighted by atomic mass is 16.5. The molecule has 1 unspecified atom stereocenters. The van der Waals surface area contributed by atoms with E-state index in [1.54, 1.807) is 30.3 Å². The summed E-state index contributed by atoms with van der Waals surface area (Å²) in [6.07, 6.45) is 6.15. The smallest absolute Gasteiger partial charge is 0.259 e. The molecule has 140 valence electrons. The predicted octanol–water partition coefficient (Wildman–Crippen LogP) is 2.71. The Bertz CT molecular complexity index is 866. The van der Waals surface area contributed by atoms with Crippen LogP contribution in [0.1, 0.15) is 51.4 Å². The lowest BCUT2D eigenvalue weighted by molar-refractivity contribution is 0.0632. The molecule has 1 amide bonds. The highest BCUT2D eigenvalue weighted by molar-refractivity contribution is 5.99. The third-order valence-corrected chi connectivity index (χ3v) is 5.44. The molecule has 0 bridgehead atoms. The van der Waals surface area contributed by atoms with Crippen LogP contribution in [0.5, 0.6) is 5.88 Å². The van der Waals surface area contributed by atoms with Gasteiger partial charge in [0, 0.05) is 30.9 Å². The number of aryl methyl sites for hydroxylation is 2. The quantitative estimate of drug-likeness (QED) is 0.779. The minimum Gasteiger partial charge on any atom is -0.480 e. The van der Waals surface area contributed by atoms with Crippen molar-refractivity contribution in [3.05, 3.63) is 53.0 Å². The number of ether oxygens (including phenoxy) is 1. The lowest BCUT2D eigenvalue weighted by atomic mass is 9.91. The minimum absolute atomic E-state index is 0.00661. The largest absolute Gasteiger partial charge is 0.480 e. The van der Waals surface area contributed by atoms with Crippen LogP contribution in [0, 0.1) is 5.92 Å². The molecule has 6 heteroatoms. The van der Waals surface area contributed by atoms with E-state index < -0.39 is 0 Å². The predicted molar refractivity (Wildman–Crippen MR) is 100 cm³/mol. The number of aromatic nitrogens is 2. The number of fused-ring (bicyclic) bond motifs is 1. The standard InChI is InChI=1S/C21H23N3O3/c1-27-20-16(12-14-6-4-9-17(14)23-20)21(26)24-11-5-7-15(13-24)19(25)18-8-2-3-10-22-18/h2-3,8,10,12,15H,4-7,9,11,13H2,1H3. The van der Waals surface area contributed by atoms with Crippen LogP contribution in [0.15, 0.2) is 30.5 Å². The van der Waals surface area contributed by atoms with Gasteiger partial charge in [-0.2, -0.15) is 0 Å². The van der Waals surface area contributed by atoms with Crippen molar-refractivity contribution in [2.75, 3.05) is 20.2 Å². The lowest BCUT2D eigenvalue weighted by Crippen LogP contribution is -2.42. The number of methoxy groups -OCH3 is 1. The zero-order chi connectivity index (χ0) is 18.8. The van der Waals surface area contributed by atoms with Gasteiger partial charge in [0.05, 0.1) is 7.11 Å². The highest BCUT2D eigenvalue weighted by Gasteiger charge is 2.32. The first-order valence-electron chi connectivity index (χ1n) is 9.48. The lowest BCUT2D eigenvalue weighted by Gasteiger charge is -2.32. The van der Waals surface area contributed by atoms with Crippen LogP contribution in [0.4, 0.5) is 0 Å². The van der Waals surface area contributed by atoms with Crippen LogP contribution >= 0.6 is 0 Å². The number of carbonyl (C=O) groups excluding carboxylic acids is 2. The van der Waals surface area contributed by atoms with Crippen molar-refractivity contribution < 1.29 is 14.3 Å². The molecule has 1 fully saturated rings. The molecule has 1 aliphatic carbocycles. The summed E-state index contributed by atoms with van der Waals surface area (Å²) in [5, 5.41) is 0. The van der Waals surface area contributed by atoms with Gasteiger partial charge in [-0.3, -0.25) is 14.6 Å². The SMILES string of the molecule is COc1nc2c(cc1C(=O)N1CCCC(C(=O)c3ccccn3)C1)CCC2. The van der Waals surface area contributed by atoms with Gasteiger partial charge in [-0.05, 0) is 55.9 Å². The van der Waals surface area contributed by atoms with Gasteiger partial charge in [-0.1, -0.05) is 6.07 Å². The van der Waals surface area contributed by atoms with Gasteiger partial charge in [-0.25, -0.2) is 4.98 Å². The Kier molecular flexibility index (Phi) is 4.88. The monoisotopic (exact) mass is 365 g/mol. The highest BCUT2D eigenvalue weighted by Crippen LogP contribution is 2.29. The maximum Gasteiger partial charge on any atom is 0.259 e. The molecule has 1 saturated heterocycles. The van der Waals surface area contributed by atoms with E-state index in [1.807, 2.05) is 12.1 Å². The van der Waals surface area contributed by atoms with Crippen LogP contribution in [-0.2, 0) is 12.8 Å². The Labute approximate surface area is 158 Å². The fourth-order valence-corrected chi connectivity index (χ4v) is 4.03. The molecular formula is C21H23N3O3. The van der Waals surface area contributed by atoms with Crippen molar-refractivity contribution in [3.8, 4) is 5.88 Å². The van der Waals surface area contributed by atoms with Crippen LogP contribution in [0.3, 0.4) is 0 Å². The third kappa shape index (κ3) is 3.44. The van der Waals surface area contributed by atoms with E-state index in [4.69, 9.17) is 4.74 Å². The third-order valence-electron chi connectivity index (χ3n) is 5.44. The molecule has 0 saturated carbocycles. The molecule has 0 N–H and O–H groups in total. The van der Waals surface area contributed by atoms with Crippen molar-refractivity contribution >= 4 is 11.7 Å². The molecule has 4 rings (SSSR count). The first-order valence-corrected chi connectivity index (χ1v) is 9.48. The number of hydrogen-bond donors (Lipinski definition) is 0. The summed E-state index contributed by atoms with van der Waals surface area (Å²) < 4.78 is 5.39. The van der Waals surface area contributed by atoms with Crippen LogP contribution < -0.4 is 4.74 Å². The second-order valence-electron chi connectivity index (χ2n) is 7.17. The number of carbonyl (C=O) groups is 2. The molecule has 0 spiro atoms. The number of piperidine rings is 1. The fraction of sp³-hybridized carbons (Fsp3) is 0.429. The van der Waals surface area contributed by atoms with Crippen LogP contribution in [-0.4, -0.2) is 46.8 Å². The molecule has 2 aromatic heterocycles. The summed E-state index contributed by atoms with van der Waals surface area (Å²) in [6, 6.07) is 7.27. The summed E-state index contributed by atoms with van der Waals surface area (Å²) >= 11 is 0. The van der Waals surface area contributed by atoms with Gasteiger partial charge in [0.25, 0.3) is 5.91 Å². The molecule has 0 radical (unpaired) electrons. The van der Waals surface area contributed by atoms with E-state index in [9.17, 15) is 9.59 Å². The molecule has 2 aromatic rings. The number of amides is 1. The van der Waals surface area contributed by atoms with Crippen LogP contribution in [0.2, 0.25) is 0 Å². The summed E-state index contributed by atoms with van der Waals surface area (Å²) in [6.45, 7) is 1.06. The van der Waals surface area contributed by atoms with Crippen molar-refractivity contribution in [1.82, 2.24) is 14.9 Å². The van der Waals surface area contributed by atoms with E-state index in [2.05, 4.69) is 9.97 Å². The Hall–Kier alpha value is -2.76. The molecule has 6 nitrogen and oxygen atoms in total. The molecule has 1 atom stereocenters. The van der Waals surface area contributed by atoms with Gasteiger partial charge in [0.1, 0.15) is 11.3 Å². The van der Waals surface area contributed by atoms with Gasteiger partial charge in [0.15, 0.2) is 5.78 Å². The molecule has 1 aliphatic heterocycles. The number of rotatable bonds is 4. The summed E-state index contributed by atoms with van der Waals surface area (Å²) in [7, 11) is 1.55. The Balaban J connectivity index is 1.55. The number of ketones is 1. The molecule has 3 heterocycles. The molecule has 2 aliphatic rings. The fourth-order valence-electron chi connectivity index (χ4n) is 4.03. The molecule has 27 heavy (non-hydrogen) atoms. The summed E-state index contributed by atoms with van der Waals surface area (Å²) in [4.78, 5) is 36.4. The molecule has 0 aromatic carbocycles. The van der Waals surface area contributed by atoms with E-state index in [-0.39, 0.29) is 17.6 Å². The van der Waals surface area contributed by atoms with E-state index in [1.165, 1.54) is 0 Å². The van der Waals surface area contributed by atoms with E-state index >= 15 is 0 Å². The average molecular weight is 365 g/mol. The van der Waals surface area contributed by atoms with E-state index in [0.717, 1.165) is 43.4 Å². The summed E-state index contributed by atoms with van der Waals surface area (Å²) in [5.74, 6) is 0.0736. The normalized spacial score (nSPS) is 18.9. The van der Waals surface area contributed by atoms with Crippen molar-refractivity contribution in [3.63, 3.8) is 0 Å². The zero-order valence-corrected chi connectivity index (χ0v) is 15.5. The second-order valence-corrected chi connectivity index (χ2v) is 7.17. The Morgan fingerprint density at radius 1 is 1.22 bits per heavy atom. The number of hydrogen-bond acceptors (Lipinski definition) is 5. The van der Waals surface area contributed by atoms with Crippen molar-refractivity contribution in [2.45, 2.75) is 32.1 Å². The first kappa shape index (κ1) is 17.6. The van der Waals surface area contributed by atoms with Gasteiger partial charge in [-0.15, -0.1) is 0 Å². The number of likely N-dealkylation sites (tertiary alicyclic amines) is 1. The van der Waals surface area contributed by atoms with Gasteiger partial charge >= 0.3 is 0 Å². The maximum atomic E-state index is 13.2. The van der Waals surface area contributed by atoms with Gasteiger partial charge < -0.3 is 9.64 Å². The topological polar surface area (TPSA) is 72.4 Å². The number of pyridine rings is 2. The second kappa shape index (κ2) is 7.47. The minimum atomic E-state index is -0.217. The number of Topliss-reactive ketones (excluding diaryl/α,β-unsaturated/α-hetero) is 1. The van der Waals surface area contributed by atoms with Crippen molar-refractivity contribution in [2.24, 2.45) is 5.92 Å².